The van der Waals surface area contributed by atoms with Crippen LogP contribution in [0.5, 0.6) is 5.75 Å². The molecule has 0 fully saturated rings. The van der Waals surface area contributed by atoms with E-state index >= 15 is 0 Å². The van der Waals surface area contributed by atoms with Crippen LogP contribution in [0, 0.1) is 0 Å². The molecule has 0 aliphatic carbocycles. The van der Waals surface area contributed by atoms with Crippen molar-refractivity contribution in [3.05, 3.63) is 23.2 Å². The standard InChI is InChI=1S/C9H11ClN2O3/c1-14-8-4-3-6(5-7(8)10)11-9(13)12-15-2/h3-5H,1-2H3,(H2,11,12,13). The lowest BCUT2D eigenvalue weighted by Crippen LogP contribution is -2.27. The monoisotopic (exact) mass is 230 g/mol. The second-order valence-electron chi connectivity index (χ2n) is 2.61. The number of carbonyl (C=O) groups is 1. The molecule has 0 aliphatic heterocycles. The summed E-state index contributed by atoms with van der Waals surface area (Å²) in [4.78, 5) is 15.5. The van der Waals surface area contributed by atoms with Crippen LogP contribution < -0.4 is 15.5 Å². The Morgan fingerprint density at radius 1 is 1.40 bits per heavy atom. The van der Waals surface area contributed by atoms with Gasteiger partial charge in [0.05, 0.1) is 19.2 Å². The number of methoxy groups -OCH3 is 1. The van der Waals surface area contributed by atoms with Crippen LogP contribution in [0.2, 0.25) is 5.02 Å². The summed E-state index contributed by atoms with van der Waals surface area (Å²) in [5.74, 6) is 0.550. The van der Waals surface area contributed by atoms with Crippen molar-refractivity contribution in [3.63, 3.8) is 0 Å². The maximum atomic E-state index is 11.1. The molecule has 0 spiro atoms. The number of benzene rings is 1. The Morgan fingerprint density at radius 3 is 2.67 bits per heavy atom. The molecule has 82 valence electrons. The first-order valence-electron chi connectivity index (χ1n) is 4.11. The normalized spacial score (nSPS) is 9.53. The number of hydroxylamine groups is 1. The molecule has 0 aliphatic rings. The van der Waals surface area contributed by atoms with Crippen molar-refractivity contribution in [3.8, 4) is 5.75 Å². The van der Waals surface area contributed by atoms with E-state index in [0.29, 0.717) is 16.5 Å². The first kappa shape index (κ1) is 11.6. The summed E-state index contributed by atoms with van der Waals surface area (Å²) >= 11 is 5.86. The molecule has 0 bridgehead atoms. The minimum Gasteiger partial charge on any atom is -0.495 e. The van der Waals surface area contributed by atoms with Crippen molar-refractivity contribution in [2.75, 3.05) is 19.5 Å². The maximum Gasteiger partial charge on any atom is 0.343 e. The number of hydrogen-bond donors (Lipinski definition) is 2. The SMILES string of the molecule is CONC(=O)Nc1ccc(OC)c(Cl)c1. The van der Waals surface area contributed by atoms with E-state index in [1.54, 1.807) is 18.2 Å². The highest BCUT2D eigenvalue weighted by molar-refractivity contribution is 6.32. The van der Waals surface area contributed by atoms with Gasteiger partial charge in [-0.1, -0.05) is 11.6 Å². The van der Waals surface area contributed by atoms with E-state index < -0.39 is 6.03 Å². The van der Waals surface area contributed by atoms with E-state index in [-0.39, 0.29) is 0 Å². The third-order valence-electron chi connectivity index (χ3n) is 1.60. The molecule has 1 aromatic carbocycles. The molecule has 1 aromatic rings. The summed E-state index contributed by atoms with van der Waals surface area (Å²) < 4.78 is 4.97. The van der Waals surface area contributed by atoms with Crippen LogP contribution in [0.15, 0.2) is 18.2 Å². The van der Waals surface area contributed by atoms with Crippen LogP contribution in [0.25, 0.3) is 0 Å². The highest BCUT2D eigenvalue weighted by atomic mass is 35.5. The zero-order valence-corrected chi connectivity index (χ0v) is 9.09. The van der Waals surface area contributed by atoms with Gasteiger partial charge in [0.15, 0.2) is 0 Å². The number of ether oxygens (including phenoxy) is 1. The van der Waals surface area contributed by atoms with Crippen molar-refractivity contribution in [2.45, 2.75) is 0 Å². The van der Waals surface area contributed by atoms with Gasteiger partial charge in [-0.15, -0.1) is 0 Å². The molecule has 6 heteroatoms. The van der Waals surface area contributed by atoms with Crippen molar-refractivity contribution in [1.82, 2.24) is 5.48 Å². The third kappa shape index (κ3) is 3.30. The quantitative estimate of drug-likeness (QED) is 0.782. The molecular formula is C9H11ClN2O3. The summed E-state index contributed by atoms with van der Waals surface area (Å²) in [6.45, 7) is 0. The van der Waals surface area contributed by atoms with Crippen molar-refractivity contribution in [1.29, 1.82) is 0 Å². The molecular weight excluding hydrogens is 220 g/mol. The van der Waals surface area contributed by atoms with Crippen LogP contribution in [0.1, 0.15) is 0 Å². The molecule has 0 atom stereocenters. The lowest BCUT2D eigenvalue weighted by Gasteiger charge is -2.07. The van der Waals surface area contributed by atoms with Crippen molar-refractivity contribution in [2.24, 2.45) is 0 Å². The number of carbonyl (C=O) groups excluding carboxylic acids is 1. The molecule has 0 saturated heterocycles. The lowest BCUT2D eigenvalue weighted by atomic mass is 10.3. The number of halogens is 1. The Labute approximate surface area is 92.3 Å². The zero-order chi connectivity index (χ0) is 11.3. The first-order chi connectivity index (χ1) is 7.17. The van der Waals surface area contributed by atoms with Gasteiger partial charge in [-0.2, -0.15) is 0 Å². The fourth-order valence-corrected chi connectivity index (χ4v) is 1.25. The Kier molecular flexibility index (Phi) is 4.20. The van der Waals surface area contributed by atoms with Gasteiger partial charge < -0.3 is 10.1 Å². The maximum absolute atomic E-state index is 11.1. The summed E-state index contributed by atoms with van der Waals surface area (Å²) in [5.41, 5.74) is 2.67. The van der Waals surface area contributed by atoms with Gasteiger partial charge >= 0.3 is 6.03 Å². The van der Waals surface area contributed by atoms with E-state index in [4.69, 9.17) is 16.3 Å². The average molecular weight is 231 g/mol. The van der Waals surface area contributed by atoms with Gasteiger partial charge in [-0.3, -0.25) is 4.84 Å². The van der Waals surface area contributed by atoms with E-state index in [0.717, 1.165) is 0 Å². The van der Waals surface area contributed by atoms with Crippen LogP contribution in [0.3, 0.4) is 0 Å². The highest BCUT2D eigenvalue weighted by Crippen LogP contribution is 2.26. The molecule has 0 unspecified atom stereocenters. The van der Waals surface area contributed by atoms with Crippen LogP contribution in [-0.2, 0) is 4.84 Å². The Bertz CT molecular complexity index is 357. The minimum atomic E-state index is -0.473. The summed E-state index contributed by atoms with van der Waals surface area (Å²) in [6.07, 6.45) is 0. The van der Waals surface area contributed by atoms with E-state index in [2.05, 4.69) is 15.6 Å². The largest absolute Gasteiger partial charge is 0.495 e. The predicted octanol–water partition coefficient (Wildman–Crippen LogP) is 2.03. The van der Waals surface area contributed by atoms with Crippen molar-refractivity contribution >= 4 is 23.3 Å². The van der Waals surface area contributed by atoms with Gasteiger partial charge in [0.1, 0.15) is 5.75 Å². The van der Waals surface area contributed by atoms with Crippen molar-refractivity contribution < 1.29 is 14.4 Å². The zero-order valence-electron chi connectivity index (χ0n) is 8.33. The second kappa shape index (κ2) is 5.43. The Hall–Kier alpha value is -1.46. The number of nitrogens with one attached hydrogen (secondary N) is 2. The predicted molar refractivity (Wildman–Crippen MR) is 57.2 cm³/mol. The highest BCUT2D eigenvalue weighted by Gasteiger charge is 2.04. The van der Waals surface area contributed by atoms with Gasteiger partial charge in [0, 0.05) is 5.69 Å². The smallest absolute Gasteiger partial charge is 0.343 e. The molecule has 5 nitrogen and oxygen atoms in total. The summed E-state index contributed by atoms with van der Waals surface area (Å²) in [6, 6.07) is 4.43. The number of urea groups is 1. The molecule has 2 N–H and O–H groups in total. The van der Waals surface area contributed by atoms with Gasteiger partial charge in [0.2, 0.25) is 0 Å². The summed E-state index contributed by atoms with van der Waals surface area (Å²) in [5, 5.41) is 2.94. The summed E-state index contributed by atoms with van der Waals surface area (Å²) in [7, 11) is 2.87. The van der Waals surface area contributed by atoms with Gasteiger partial charge in [-0.05, 0) is 18.2 Å². The fourth-order valence-electron chi connectivity index (χ4n) is 0.993. The molecule has 1 rings (SSSR count). The van der Waals surface area contributed by atoms with Crippen LogP contribution >= 0.6 is 11.6 Å². The number of hydrogen-bond acceptors (Lipinski definition) is 3. The lowest BCUT2D eigenvalue weighted by molar-refractivity contribution is 0.114. The van der Waals surface area contributed by atoms with Crippen LogP contribution in [-0.4, -0.2) is 20.3 Å². The molecule has 0 saturated carbocycles. The fraction of sp³-hybridized carbons (Fsp3) is 0.222. The minimum absolute atomic E-state index is 0.424. The van der Waals surface area contributed by atoms with E-state index in [1.807, 2.05) is 0 Å². The van der Waals surface area contributed by atoms with E-state index in [9.17, 15) is 4.79 Å². The van der Waals surface area contributed by atoms with Gasteiger partial charge in [0.25, 0.3) is 0 Å². The van der Waals surface area contributed by atoms with E-state index in [1.165, 1.54) is 14.2 Å². The molecule has 0 heterocycles. The second-order valence-corrected chi connectivity index (χ2v) is 3.02. The molecule has 0 aromatic heterocycles. The average Bonchev–Trinajstić information content (AvgIpc) is 2.18. The third-order valence-corrected chi connectivity index (χ3v) is 1.90. The Morgan fingerprint density at radius 2 is 2.13 bits per heavy atom. The molecule has 0 radical (unpaired) electrons. The molecule has 2 amide bonds. The number of anilines is 1. The molecule has 15 heavy (non-hydrogen) atoms. The number of amides is 2. The van der Waals surface area contributed by atoms with Crippen LogP contribution in [0.4, 0.5) is 10.5 Å². The number of rotatable bonds is 3. The topological polar surface area (TPSA) is 59.6 Å². The van der Waals surface area contributed by atoms with Gasteiger partial charge in [-0.25, -0.2) is 10.3 Å². The first-order valence-corrected chi connectivity index (χ1v) is 4.48. The Balaban J connectivity index is 2.71.